The van der Waals surface area contributed by atoms with Crippen LogP contribution in [0, 0.1) is 5.41 Å². The molecule has 7 rings (SSSR count). The number of hydrogen-bond donors (Lipinski definition) is 3. The number of nitrogens with zero attached hydrogens (tertiary/aromatic N) is 5. The molecule has 1 aromatic carbocycles. The summed E-state index contributed by atoms with van der Waals surface area (Å²) in [4.78, 5) is 41.3. The molecule has 3 aliphatic heterocycles. The van der Waals surface area contributed by atoms with Crippen LogP contribution in [-0.2, 0) is 14.3 Å². The van der Waals surface area contributed by atoms with E-state index in [9.17, 15) is 14.7 Å². The number of nitrogens with one attached hydrogen (secondary N) is 2. The Morgan fingerprint density at radius 2 is 1.93 bits per heavy atom. The maximum Gasteiger partial charge on any atom is 0.223 e. The van der Waals surface area contributed by atoms with Crippen molar-refractivity contribution in [2.75, 3.05) is 57.4 Å². The summed E-state index contributed by atoms with van der Waals surface area (Å²) in [6.07, 6.45) is 1.33. The van der Waals surface area contributed by atoms with Gasteiger partial charge in [-0.15, -0.1) is 0 Å². The van der Waals surface area contributed by atoms with Crippen LogP contribution in [0.5, 0.6) is 0 Å². The normalized spacial score (nSPS) is 19.9. The minimum Gasteiger partial charge on any atom is -0.453 e. The summed E-state index contributed by atoms with van der Waals surface area (Å²) < 4.78 is 11.9. The van der Waals surface area contributed by atoms with E-state index in [1.54, 1.807) is 11.1 Å². The standard InChI is InChI=1S/C33H39N7O5S/c1-33(2,3)14-27(43)39-18-24-30(25(42)19-39)29(26-8-9-28(45-26)46-32-35-22-6-4-5-7-23(22)36-32)21-15-34-37-31(21)40(24)17-20(41)16-38-10-12-44-13-11-38/h4-9,15,20,29,41H,10-14,16-19H2,1-3H3,(H,34,37)(H,35,36). The van der Waals surface area contributed by atoms with Crippen LogP contribution in [-0.4, -0.2) is 105 Å². The Hall–Kier alpha value is -3.91. The molecule has 1 saturated heterocycles. The molecule has 0 aliphatic carbocycles. The molecular formula is C33H39N7O5S. The van der Waals surface area contributed by atoms with E-state index in [4.69, 9.17) is 9.15 Å². The Morgan fingerprint density at radius 3 is 2.72 bits per heavy atom. The molecule has 0 spiro atoms. The first-order chi connectivity index (χ1) is 22.1. The molecule has 0 bridgehead atoms. The topological polar surface area (TPSA) is 144 Å². The van der Waals surface area contributed by atoms with Gasteiger partial charge in [-0.05, 0) is 41.4 Å². The molecular weight excluding hydrogens is 606 g/mol. The van der Waals surface area contributed by atoms with E-state index in [-0.39, 0.29) is 36.7 Å². The van der Waals surface area contributed by atoms with Crippen molar-refractivity contribution in [1.29, 1.82) is 0 Å². The minimum absolute atomic E-state index is 0.0110. The number of β-amino-alcohol motifs (C(OH)–C–C–N with tert-alkyl or cyclic N) is 1. The number of carbonyl (C=O) groups is 2. The summed E-state index contributed by atoms with van der Waals surface area (Å²) in [7, 11) is 0. The summed E-state index contributed by atoms with van der Waals surface area (Å²) in [6.45, 7) is 9.76. The number of benzene rings is 1. The number of aromatic nitrogens is 4. The molecule has 4 aromatic rings. The smallest absolute Gasteiger partial charge is 0.223 e. The van der Waals surface area contributed by atoms with Gasteiger partial charge in [0.05, 0.1) is 62.1 Å². The van der Waals surface area contributed by atoms with Gasteiger partial charge in [-0.2, -0.15) is 5.10 Å². The Balaban J connectivity index is 1.22. The minimum atomic E-state index is -0.717. The van der Waals surface area contributed by atoms with Crippen molar-refractivity contribution < 1.29 is 23.8 Å². The van der Waals surface area contributed by atoms with Gasteiger partial charge in [0.15, 0.2) is 16.0 Å². The lowest BCUT2D eigenvalue weighted by molar-refractivity contribution is -0.136. The van der Waals surface area contributed by atoms with Crippen molar-refractivity contribution in [3.8, 4) is 0 Å². The Bertz CT molecular complexity index is 1750. The van der Waals surface area contributed by atoms with Gasteiger partial charge in [-0.25, -0.2) is 4.98 Å². The van der Waals surface area contributed by atoms with Crippen LogP contribution >= 0.6 is 11.8 Å². The fraction of sp³-hybridized carbons (Fsp3) is 0.455. The second-order valence-electron chi connectivity index (χ2n) is 13.4. The van der Waals surface area contributed by atoms with Gasteiger partial charge in [0.2, 0.25) is 5.91 Å². The zero-order valence-corrected chi connectivity index (χ0v) is 27.1. The number of furan rings is 1. The predicted octanol–water partition coefficient (Wildman–Crippen LogP) is 3.78. The largest absolute Gasteiger partial charge is 0.453 e. The van der Waals surface area contributed by atoms with Crippen LogP contribution in [0.4, 0.5) is 5.82 Å². The van der Waals surface area contributed by atoms with Crippen LogP contribution in [0.1, 0.15) is 44.4 Å². The molecule has 13 heteroatoms. The monoisotopic (exact) mass is 645 g/mol. The van der Waals surface area contributed by atoms with Gasteiger partial charge in [-0.3, -0.25) is 19.6 Å². The molecule has 3 aromatic heterocycles. The van der Waals surface area contributed by atoms with Gasteiger partial charge in [-0.1, -0.05) is 32.9 Å². The average Bonchev–Trinajstić information content (AvgIpc) is 3.77. The first-order valence-corrected chi connectivity index (χ1v) is 16.5. The van der Waals surface area contributed by atoms with Crippen molar-refractivity contribution in [2.45, 2.75) is 49.5 Å². The van der Waals surface area contributed by atoms with E-state index in [0.29, 0.717) is 59.3 Å². The van der Waals surface area contributed by atoms with Gasteiger partial charge < -0.3 is 29.0 Å². The molecule has 0 radical (unpaired) electrons. The fourth-order valence-corrected chi connectivity index (χ4v) is 7.28. The number of ketones is 1. The van der Waals surface area contributed by atoms with Crippen LogP contribution in [0.25, 0.3) is 11.0 Å². The third kappa shape index (κ3) is 6.24. The van der Waals surface area contributed by atoms with Crippen LogP contribution < -0.4 is 4.90 Å². The molecule has 3 aliphatic rings. The quantitative estimate of drug-likeness (QED) is 0.259. The molecule has 3 N–H and O–H groups in total. The third-order valence-corrected chi connectivity index (χ3v) is 9.39. The van der Waals surface area contributed by atoms with E-state index in [0.717, 1.165) is 29.7 Å². The maximum atomic E-state index is 14.1. The highest BCUT2D eigenvalue weighted by Crippen LogP contribution is 2.47. The first kappa shape index (κ1) is 30.7. The Labute approximate surface area is 271 Å². The fourth-order valence-electron chi connectivity index (χ4n) is 6.51. The maximum absolute atomic E-state index is 14.1. The molecule has 2 unspecified atom stereocenters. The lowest BCUT2D eigenvalue weighted by Gasteiger charge is -2.42. The second-order valence-corrected chi connectivity index (χ2v) is 14.4. The van der Waals surface area contributed by atoms with E-state index in [1.165, 1.54) is 11.8 Å². The molecule has 6 heterocycles. The van der Waals surface area contributed by atoms with Crippen molar-refractivity contribution in [2.24, 2.45) is 5.41 Å². The summed E-state index contributed by atoms with van der Waals surface area (Å²) in [5, 5.41) is 20.2. The lowest BCUT2D eigenvalue weighted by Crippen LogP contribution is -2.51. The molecule has 12 nitrogen and oxygen atoms in total. The number of aromatic amines is 2. The molecule has 1 fully saturated rings. The van der Waals surface area contributed by atoms with E-state index < -0.39 is 12.0 Å². The number of carbonyl (C=O) groups excluding carboxylic acids is 2. The van der Waals surface area contributed by atoms with Crippen molar-refractivity contribution in [1.82, 2.24) is 30.0 Å². The second kappa shape index (κ2) is 12.4. The van der Waals surface area contributed by atoms with Gasteiger partial charge in [0, 0.05) is 42.9 Å². The highest BCUT2D eigenvalue weighted by Gasteiger charge is 2.44. The predicted molar refractivity (Wildman–Crippen MR) is 173 cm³/mol. The summed E-state index contributed by atoms with van der Waals surface area (Å²) in [5.74, 6) is 0.552. The number of amides is 1. The van der Waals surface area contributed by atoms with E-state index in [2.05, 4.69) is 25.1 Å². The number of aliphatic hydroxyl groups excluding tert-OH is 1. The summed E-state index contributed by atoms with van der Waals surface area (Å²) in [5.41, 5.74) is 3.63. The zero-order valence-electron chi connectivity index (χ0n) is 26.3. The highest BCUT2D eigenvalue weighted by atomic mass is 32.2. The highest BCUT2D eigenvalue weighted by molar-refractivity contribution is 7.99. The number of para-hydroxylation sites is 2. The van der Waals surface area contributed by atoms with Gasteiger partial charge in [0.1, 0.15) is 11.6 Å². The molecule has 46 heavy (non-hydrogen) atoms. The van der Waals surface area contributed by atoms with Crippen LogP contribution in [0.3, 0.4) is 0 Å². The number of H-pyrrole nitrogens is 2. The molecule has 242 valence electrons. The number of rotatable bonds is 8. The molecule has 0 saturated carbocycles. The van der Waals surface area contributed by atoms with Gasteiger partial charge >= 0.3 is 0 Å². The number of aliphatic hydroxyl groups is 1. The number of morpholine rings is 1. The van der Waals surface area contributed by atoms with Gasteiger partial charge in [0.25, 0.3) is 0 Å². The SMILES string of the molecule is CC(C)(C)CC(=O)N1CC(=O)C2=C(C1)N(CC(O)CN1CCOCC1)c1[nH]ncc1C2c1ccc(Sc2nc3ccccc3[nH]2)o1. The number of imidazole rings is 1. The molecule has 1 amide bonds. The third-order valence-electron chi connectivity index (χ3n) is 8.58. The first-order valence-electron chi connectivity index (χ1n) is 15.7. The zero-order chi connectivity index (χ0) is 32.0. The number of hydrogen-bond acceptors (Lipinski definition) is 10. The number of ether oxygens (including phenoxy) is 1. The van der Waals surface area contributed by atoms with Crippen molar-refractivity contribution >= 4 is 40.3 Å². The van der Waals surface area contributed by atoms with E-state index in [1.807, 2.05) is 62.1 Å². The van der Waals surface area contributed by atoms with Crippen molar-refractivity contribution in [3.63, 3.8) is 0 Å². The summed E-state index contributed by atoms with van der Waals surface area (Å²) in [6, 6.07) is 11.6. The van der Waals surface area contributed by atoms with Crippen LogP contribution in [0.15, 0.2) is 68.5 Å². The average molecular weight is 646 g/mol. The van der Waals surface area contributed by atoms with Crippen LogP contribution in [0.2, 0.25) is 0 Å². The Morgan fingerprint density at radius 1 is 1.13 bits per heavy atom. The number of Topliss-reactive ketones (excluding diaryl/α,β-unsaturated/α-hetero) is 1. The Kier molecular flexibility index (Phi) is 8.26. The summed E-state index contributed by atoms with van der Waals surface area (Å²) >= 11 is 1.38. The lowest BCUT2D eigenvalue weighted by atomic mass is 9.81. The molecule has 2 atom stereocenters. The van der Waals surface area contributed by atoms with Crippen molar-refractivity contribution in [3.05, 3.63) is 65.2 Å². The number of anilines is 1. The van der Waals surface area contributed by atoms with E-state index >= 15 is 0 Å². The number of fused-ring (bicyclic) bond motifs is 2.